The summed E-state index contributed by atoms with van der Waals surface area (Å²) in [6.45, 7) is 2.05. The number of hydrogen-bond donors (Lipinski definition) is 0. The zero-order chi connectivity index (χ0) is 17.6. The van der Waals surface area contributed by atoms with Crippen molar-refractivity contribution in [2.45, 2.75) is 0 Å². The third-order valence-corrected chi connectivity index (χ3v) is 4.44. The highest BCUT2D eigenvalue weighted by Crippen LogP contribution is 2.16. The van der Waals surface area contributed by atoms with Gasteiger partial charge in [0.1, 0.15) is 0 Å². The summed E-state index contributed by atoms with van der Waals surface area (Å²) in [5.74, 6) is -0.125. The van der Waals surface area contributed by atoms with Gasteiger partial charge in [0.05, 0.1) is 5.56 Å². The molecule has 0 saturated carbocycles. The molecule has 0 N–H and O–H groups in total. The van der Waals surface area contributed by atoms with Crippen LogP contribution in [0.3, 0.4) is 0 Å². The van der Waals surface area contributed by atoms with Crippen LogP contribution in [-0.4, -0.2) is 52.8 Å². The monoisotopic (exact) mass is 355 g/mol. The number of benzene rings is 1. The Bertz CT molecular complexity index is 784. The Hall–Kier alpha value is -2.66. The molecule has 0 radical (unpaired) electrons. The molecular weight excluding hydrogens is 338 g/mol. The highest BCUT2D eigenvalue weighted by atomic mass is 35.5. The van der Waals surface area contributed by atoms with E-state index in [0.29, 0.717) is 36.8 Å². The zero-order valence-corrected chi connectivity index (χ0v) is 14.4. The fourth-order valence-corrected chi connectivity index (χ4v) is 2.88. The first-order chi connectivity index (χ1) is 12.1. The molecule has 1 aromatic heterocycles. The number of pyridine rings is 1. The second kappa shape index (κ2) is 7.94. The fourth-order valence-electron chi connectivity index (χ4n) is 2.68. The van der Waals surface area contributed by atoms with Gasteiger partial charge in [-0.2, -0.15) is 0 Å². The molecular formula is C19H18ClN3O2. The standard InChI is InChI=1S/C19H18ClN3O2/c20-17-6-2-1-4-15(17)7-8-18(24)22-10-12-23(13-11-22)19(25)16-5-3-9-21-14-16/h1-9,14H,10-13H2/b8-7+. The lowest BCUT2D eigenvalue weighted by molar-refractivity contribution is -0.127. The Balaban J connectivity index is 1.56. The average Bonchev–Trinajstić information content (AvgIpc) is 2.67. The normalized spacial score (nSPS) is 14.8. The number of piperazine rings is 1. The summed E-state index contributed by atoms with van der Waals surface area (Å²) < 4.78 is 0. The highest BCUT2D eigenvalue weighted by molar-refractivity contribution is 6.32. The van der Waals surface area contributed by atoms with E-state index in [-0.39, 0.29) is 11.8 Å². The SMILES string of the molecule is O=C(/C=C/c1ccccc1Cl)N1CCN(C(=O)c2cccnc2)CC1. The molecule has 0 atom stereocenters. The Kier molecular flexibility index (Phi) is 5.46. The summed E-state index contributed by atoms with van der Waals surface area (Å²) in [5.41, 5.74) is 1.38. The van der Waals surface area contributed by atoms with Crippen LogP contribution in [0.4, 0.5) is 0 Å². The number of amides is 2. The van der Waals surface area contributed by atoms with Gasteiger partial charge in [0.25, 0.3) is 5.91 Å². The molecule has 2 heterocycles. The van der Waals surface area contributed by atoms with E-state index in [0.717, 1.165) is 5.56 Å². The lowest BCUT2D eigenvalue weighted by Crippen LogP contribution is -2.50. The first-order valence-corrected chi connectivity index (χ1v) is 8.44. The summed E-state index contributed by atoms with van der Waals surface area (Å²) in [6.07, 6.45) is 6.45. The minimum Gasteiger partial charge on any atom is -0.336 e. The molecule has 2 amide bonds. The van der Waals surface area contributed by atoms with Crippen molar-refractivity contribution in [1.82, 2.24) is 14.8 Å². The molecule has 1 fully saturated rings. The van der Waals surface area contributed by atoms with Crippen molar-refractivity contribution in [3.05, 3.63) is 71.0 Å². The fraction of sp³-hybridized carbons (Fsp3) is 0.211. The molecule has 3 rings (SSSR count). The van der Waals surface area contributed by atoms with Crippen LogP contribution in [0, 0.1) is 0 Å². The van der Waals surface area contributed by atoms with Gasteiger partial charge in [-0.15, -0.1) is 0 Å². The van der Waals surface area contributed by atoms with E-state index >= 15 is 0 Å². The van der Waals surface area contributed by atoms with Gasteiger partial charge in [0.15, 0.2) is 0 Å². The summed E-state index contributed by atoms with van der Waals surface area (Å²) in [5, 5.41) is 0.610. The largest absolute Gasteiger partial charge is 0.336 e. The maximum absolute atomic E-state index is 12.4. The number of carbonyl (C=O) groups is 2. The summed E-state index contributed by atoms with van der Waals surface area (Å²) in [6, 6.07) is 10.9. The summed E-state index contributed by atoms with van der Waals surface area (Å²) >= 11 is 6.08. The zero-order valence-electron chi connectivity index (χ0n) is 13.6. The first-order valence-electron chi connectivity index (χ1n) is 8.06. The van der Waals surface area contributed by atoms with Crippen molar-refractivity contribution in [2.24, 2.45) is 0 Å². The van der Waals surface area contributed by atoms with Crippen LogP contribution in [0.2, 0.25) is 5.02 Å². The van der Waals surface area contributed by atoms with E-state index in [1.807, 2.05) is 18.2 Å². The van der Waals surface area contributed by atoms with E-state index in [1.54, 1.807) is 46.5 Å². The van der Waals surface area contributed by atoms with Crippen LogP contribution in [0.25, 0.3) is 6.08 Å². The van der Waals surface area contributed by atoms with Crippen LogP contribution < -0.4 is 0 Å². The molecule has 128 valence electrons. The van der Waals surface area contributed by atoms with Crippen LogP contribution in [0.5, 0.6) is 0 Å². The van der Waals surface area contributed by atoms with Gasteiger partial charge in [-0.05, 0) is 29.8 Å². The predicted molar refractivity (Wildman–Crippen MR) is 97.2 cm³/mol. The lowest BCUT2D eigenvalue weighted by Gasteiger charge is -2.34. The van der Waals surface area contributed by atoms with Gasteiger partial charge >= 0.3 is 0 Å². The van der Waals surface area contributed by atoms with Crippen molar-refractivity contribution in [3.8, 4) is 0 Å². The lowest BCUT2D eigenvalue weighted by atomic mass is 10.2. The van der Waals surface area contributed by atoms with E-state index in [9.17, 15) is 9.59 Å². The molecule has 2 aromatic rings. The predicted octanol–water partition coefficient (Wildman–Crippen LogP) is 2.73. The van der Waals surface area contributed by atoms with Gasteiger partial charge in [-0.1, -0.05) is 29.8 Å². The smallest absolute Gasteiger partial charge is 0.255 e. The Morgan fingerprint density at radius 3 is 2.40 bits per heavy atom. The second-order valence-electron chi connectivity index (χ2n) is 5.71. The minimum atomic E-state index is -0.0756. The molecule has 1 aromatic carbocycles. The highest BCUT2D eigenvalue weighted by Gasteiger charge is 2.23. The molecule has 6 heteroatoms. The maximum atomic E-state index is 12.4. The number of carbonyl (C=O) groups excluding carboxylic acids is 2. The molecule has 0 unspecified atom stereocenters. The molecule has 0 bridgehead atoms. The molecule has 0 spiro atoms. The first kappa shape index (κ1) is 17.2. The van der Waals surface area contributed by atoms with Gasteiger partial charge in [0, 0.05) is 49.7 Å². The molecule has 1 aliphatic rings. The van der Waals surface area contributed by atoms with Crippen molar-refractivity contribution in [1.29, 1.82) is 0 Å². The molecule has 1 saturated heterocycles. The molecule has 1 aliphatic heterocycles. The van der Waals surface area contributed by atoms with Crippen LogP contribution in [0.15, 0.2) is 54.9 Å². The number of halogens is 1. The van der Waals surface area contributed by atoms with E-state index in [2.05, 4.69) is 4.98 Å². The third kappa shape index (κ3) is 4.25. The van der Waals surface area contributed by atoms with Crippen LogP contribution in [0.1, 0.15) is 15.9 Å². The second-order valence-corrected chi connectivity index (χ2v) is 6.12. The summed E-state index contributed by atoms with van der Waals surface area (Å²) in [7, 11) is 0. The quantitative estimate of drug-likeness (QED) is 0.795. The Labute approximate surface area is 151 Å². The van der Waals surface area contributed by atoms with Gasteiger partial charge in [-0.25, -0.2) is 0 Å². The number of nitrogens with zero attached hydrogens (tertiary/aromatic N) is 3. The molecule has 25 heavy (non-hydrogen) atoms. The average molecular weight is 356 g/mol. The van der Waals surface area contributed by atoms with Crippen molar-refractivity contribution < 1.29 is 9.59 Å². The van der Waals surface area contributed by atoms with Crippen molar-refractivity contribution in [3.63, 3.8) is 0 Å². The Morgan fingerprint density at radius 2 is 1.72 bits per heavy atom. The van der Waals surface area contributed by atoms with E-state index in [1.165, 1.54) is 6.08 Å². The van der Waals surface area contributed by atoms with Crippen LogP contribution in [-0.2, 0) is 4.79 Å². The number of aromatic nitrogens is 1. The van der Waals surface area contributed by atoms with Gasteiger partial charge in [0.2, 0.25) is 5.91 Å². The van der Waals surface area contributed by atoms with Gasteiger partial charge in [-0.3, -0.25) is 14.6 Å². The van der Waals surface area contributed by atoms with Crippen molar-refractivity contribution >= 4 is 29.5 Å². The number of rotatable bonds is 3. The van der Waals surface area contributed by atoms with E-state index < -0.39 is 0 Å². The van der Waals surface area contributed by atoms with Crippen molar-refractivity contribution in [2.75, 3.05) is 26.2 Å². The Morgan fingerprint density at radius 1 is 1.00 bits per heavy atom. The maximum Gasteiger partial charge on any atom is 0.255 e. The summed E-state index contributed by atoms with van der Waals surface area (Å²) in [4.78, 5) is 32.1. The number of hydrogen-bond acceptors (Lipinski definition) is 3. The van der Waals surface area contributed by atoms with Crippen LogP contribution >= 0.6 is 11.6 Å². The molecule has 5 nitrogen and oxygen atoms in total. The third-order valence-electron chi connectivity index (χ3n) is 4.10. The minimum absolute atomic E-state index is 0.0493. The molecule has 0 aliphatic carbocycles. The van der Waals surface area contributed by atoms with Gasteiger partial charge < -0.3 is 9.80 Å². The van der Waals surface area contributed by atoms with E-state index in [4.69, 9.17) is 11.6 Å². The topological polar surface area (TPSA) is 53.5 Å².